The third-order valence-electron chi connectivity index (χ3n) is 5.37. The Kier molecular flexibility index (Phi) is 5.21. The molecule has 1 aromatic carbocycles. The monoisotopic (exact) mass is 347 g/mol. The Hall–Kier alpha value is -2.33. The fourth-order valence-electron chi connectivity index (χ4n) is 3.98. The number of piperidine rings is 1. The van der Waals surface area contributed by atoms with Gasteiger partial charge in [0.2, 0.25) is 0 Å². The smallest absolute Gasteiger partial charge is 0.168 e. The van der Waals surface area contributed by atoms with Crippen molar-refractivity contribution >= 4 is 12.0 Å². The molecule has 0 saturated carbocycles. The maximum absolute atomic E-state index is 11.5. The van der Waals surface area contributed by atoms with E-state index < -0.39 is 0 Å². The molecular weight excluding hydrogens is 322 g/mol. The minimum atomic E-state index is 0.580. The van der Waals surface area contributed by atoms with Gasteiger partial charge in [0.05, 0.1) is 0 Å². The molecule has 0 unspecified atom stereocenters. The molecule has 0 aliphatic carbocycles. The number of hydrogen-bond acceptors (Lipinski definition) is 4. The SMILES string of the molecule is O=CC1=NCCCc2ccc(-c3cncc(CN4CCCCC4)c3)cc21. The lowest BCUT2D eigenvalue weighted by Crippen LogP contribution is -2.29. The summed E-state index contributed by atoms with van der Waals surface area (Å²) in [6.45, 7) is 4.06. The fraction of sp³-hybridized carbons (Fsp3) is 0.409. The third kappa shape index (κ3) is 3.75. The number of benzene rings is 1. The highest BCUT2D eigenvalue weighted by atomic mass is 16.1. The van der Waals surface area contributed by atoms with Crippen LogP contribution in [0.15, 0.2) is 41.7 Å². The molecule has 26 heavy (non-hydrogen) atoms. The van der Waals surface area contributed by atoms with Gasteiger partial charge in [0, 0.05) is 36.6 Å². The third-order valence-corrected chi connectivity index (χ3v) is 5.37. The molecule has 0 radical (unpaired) electrons. The van der Waals surface area contributed by atoms with Gasteiger partial charge >= 0.3 is 0 Å². The normalized spacial score (nSPS) is 17.9. The number of aldehydes is 1. The number of carbonyl (C=O) groups excluding carboxylic acids is 1. The van der Waals surface area contributed by atoms with E-state index >= 15 is 0 Å². The number of aromatic nitrogens is 1. The molecule has 0 spiro atoms. The van der Waals surface area contributed by atoms with Gasteiger partial charge < -0.3 is 0 Å². The molecule has 1 saturated heterocycles. The van der Waals surface area contributed by atoms with Crippen molar-refractivity contribution < 1.29 is 4.79 Å². The molecule has 0 N–H and O–H groups in total. The van der Waals surface area contributed by atoms with E-state index in [0.717, 1.165) is 48.9 Å². The highest BCUT2D eigenvalue weighted by Gasteiger charge is 2.15. The number of nitrogens with zero attached hydrogens (tertiary/aromatic N) is 3. The fourth-order valence-corrected chi connectivity index (χ4v) is 3.98. The van der Waals surface area contributed by atoms with Crippen LogP contribution in [0.2, 0.25) is 0 Å². The van der Waals surface area contributed by atoms with Gasteiger partial charge in [0.1, 0.15) is 5.71 Å². The van der Waals surface area contributed by atoms with Crippen LogP contribution in [0.3, 0.4) is 0 Å². The maximum Gasteiger partial charge on any atom is 0.168 e. The van der Waals surface area contributed by atoms with Gasteiger partial charge in [0.15, 0.2) is 6.29 Å². The molecule has 0 atom stereocenters. The molecule has 2 aliphatic heterocycles. The van der Waals surface area contributed by atoms with E-state index in [2.05, 4.69) is 39.1 Å². The molecule has 1 fully saturated rings. The van der Waals surface area contributed by atoms with Gasteiger partial charge in [-0.25, -0.2) is 0 Å². The van der Waals surface area contributed by atoms with Crippen molar-refractivity contribution in [2.24, 2.45) is 4.99 Å². The number of likely N-dealkylation sites (tertiary alicyclic amines) is 1. The highest BCUT2D eigenvalue weighted by Crippen LogP contribution is 2.26. The minimum Gasteiger partial charge on any atom is -0.299 e. The summed E-state index contributed by atoms with van der Waals surface area (Å²) in [7, 11) is 0. The lowest BCUT2D eigenvalue weighted by Gasteiger charge is -2.26. The van der Waals surface area contributed by atoms with E-state index in [4.69, 9.17) is 0 Å². The number of fused-ring (bicyclic) bond motifs is 1. The summed E-state index contributed by atoms with van der Waals surface area (Å²) in [5.41, 5.74) is 6.25. The molecule has 1 aromatic heterocycles. The summed E-state index contributed by atoms with van der Waals surface area (Å²) in [5.74, 6) is 0. The van der Waals surface area contributed by atoms with E-state index in [9.17, 15) is 4.79 Å². The average Bonchev–Trinajstić information content (AvgIpc) is 2.90. The van der Waals surface area contributed by atoms with E-state index in [0.29, 0.717) is 5.71 Å². The number of pyridine rings is 1. The summed E-state index contributed by atoms with van der Waals surface area (Å²) in [6, 6.07) is 8.63. The Morgan fingerprint density at radius 3 is 2.73 bits per heavy atom. The second-order valence-electron chi connectivity index (χ2n) is 7.28. The Morgan fingerprint density at radius 1 is 1.00 bits per heavy atom. The standard InChI is InChI=1S/C22H25N3O/c26-16-22-21-12-19(7-6-18(21)5-4-8-24-22)20-11-17(13-23-14-20)15-25-9-2-1-3-10-25/h6-7,11-14,16H,1-5,8-10,15H2. The first-order chi connectivity index (χ1) is 12.8. The van der Waals surface area contributed by atoms with Crippen molar-refractivity contribution in [3.8, 4) is 11.1 Å². The molecule has 0 amide bonds. The molecule has 0 bridgehead atoms. The van der Waals surface area contributed by atoms with Crippen LogP contribution in [-0.2, 0) is 17.8 Å². The van der Waals surface area contributed by atoms with Crippen molar-refractivity contribution in [2.45, 2.75) is 38.6 Å². The maximum atomic E-state index is 11.5. The second-order valence-corrected chi connectivity index (χ2v) is 7.28. The van der Waals surface area contributed by atoms with Crippen LogP contribution < -0.4 is 0 Å². The predicted molar refractivity (Wildman–Crippen MR) is 105 cm³/mol. The van der Waals surface area contributed by atoms with Gasteiger partial charge in [-0.05, 0) is 67.6 Å². The minimum absolute atomic E-state index is 0.580. The number of aryl methyl sites for hydroxylation is 1. The zero-order valence-corrected chi connectivity index (χ0v) is 15.2. The van der Waals surface area contributed by atoms with Crippen molar-refractivity contribution in [1.29, 1.82) is 0 Å². The van der Waals surface area contributed by atoms with Crippen LogP contribution in [0, 0.1) is 0 Å². The van der Waals surface area contributed by atoms with Gasteiger partial charge in [-0.2, -0.15) is 0 Å². The lowest BCUT2D eigenvalue weighted by molar-refractivity contribution is -0.102. The number of hydrogen-bond donors (Lipinski definition) is 0. The number of aliphatic imine (C=N–C) groups is 1. The number of rotatable bonds is 4. The van der Waals surface area contributed by atoms with E-state index in [-0.39, 0.29) is 0 Å². The highest BCUT2D eigenvalue weighted by molar-refractivity contribution is 6.37. The van der Waals surface area contributed by atoms with Crippen LogP contribution >= 0.6 is 0 Å². The Balaban J connectivity index is 1.62. The zero-order valence-electron chi connectivity index (χ0n) is 15.2. The molecule has 4 nitrogen and oxygen atoms in total. The Labute approximate surface area is 155 Å². The van der Waals surface area contributed by atoms with Crippen LogP contribution in [0.25, 0.3) is 11.1 Å². The van der Waals surface area contributed by atoms with Crippen molar-refractivity contribution in [3.05, 3.63) is 53.3 Å². The van der Waals surface area contributed by atoms with Gasteiger partial charge in [-0.3, -0.25) is 19.7 Å². The molecule has 2 aliphatic rings. The van der Waals surface area contributed by atoms with Gasteiger partial charge in [-0.15, -0.1) is 0 Å². The summed E-state index contributed by atoms with van der Waals surface area (Å²) >= 11 is 0. The van der Waals surface area contributed by atoms with Gasteiger partial charge in [-0.1, -0.05) is 18.6 Å². The Bertz CT molecular complexity index is 822. The molecule has 134 valence electrons. The van der Waals surface area contributed by atoms with Crippen molar-refractivity contribution in [1.82, 2.24) is 9.88 Å². The summed E-state index contributed by atoms with van der Waals surface area (Å²) in [4.78, 5) is 22.9. The van der Waals surface area contributed by atoms with Crippen LogP contribution in [-0.4, -0.2) is 41.5 Å². The summed E-state index contributed by atoms with van der Waals surface area (Å²) in [6.07, 6.45) is 10.7. The first-order valence-electron chi connectivity index (χ1n) is 9.63. The predicted octanol–water partition coefficient (Wildman–Crippen LogP) is 3.67. The van der Waals surface area contributed by atoms with E-state index in [1.807, 2.05) is 12.4 Å². The molecule has 4 rings (SSSR count). The number of carbonyl (C=O) groups is 1. The van der Waals surface area contributed by atoms with Crippen LogP contribution in [0.5, 0.6) is 0 Å². The largest absolute Gasteiger partial charge is 0.299 e. The van der Waals surface area contributed by atoms with Gasteiger partial charge in [0.25, 0.3) is 0 Å². The Morgan fingerprint density at radius 2 is 1.88 bits per heavy atom. The van der Waals surface area contributed by atoms with E-state index in [1.165, 1.54) is 43.5 Å². The molecule has 4 heteroatoms. The van der Waals surface area contributed by atoms with Crippen molar-refractivity contribution in [2.75, 3.05) is 19.6 Å². The zero-order chi connectivity index (χ0) is 17.8. The molecule has 2 aromatic rings. The van der Waals surface area contributed by atoms with E-state index in [1.54, 1.807) is 0 Å². The lowest BCUT2D eigenvalue weighted by atomic mass is 9.95. The average molecular weight is 347 g/mol. The topological polar surface area (TPSA) is 45.6 Å². The molecule has 3 heterocycles. The quantitative estimate of drug-likeness (QED) is 0.793. The molecular formula is C22H25N3O. The van der Waals surface area contributed by atoms with Crippen LogP contribution in [0.4, 0.5) is 0 Å². The first-order valence-corrected chi connectivity index (χ1v) is 9.63. The second kappa shape index (κ2) is 7.92. The first kappa shape index (κ1) is 17.1. The summed E-state index contributed by atoms with van der Waals surface area (Å²) in [5, 5.41) is 0. The van der Waals surface area contributed by atoms with Crippen molar-refractivity contribution in [3.63, 3.8) is 0 Å². The summed E-state index contributed by atoms with van der Waals surface area (Å²) < 4.78 is 0. The van der Waals surface area contributed by atoms with Crippen LogP contribution in [0.1, 0.15) is 42.4 Å².